The molecule has 1 unspecified atom stereocenters. The van der Waals surface area contributed by atoms with Crippen LogP contribution in [0.4, 0.5) is 0 Å². The molecule has 27 heavy (non-hydrogen) atoms. The number of hydrogen-bond donors (Lipinski definition) is 1. The van der Waals surface area contributed by atoms with Crippen molar-refractivity contribution in [1.82, 2.24) is 9.80 Å². The van der Waals surface area contributed by atoms with E-state index in [1.807, 2.05) is 36.1 Å². The Morgan fingerprint density at radius 2 is 1.85 bits per heavy atom. The maximum Gasteiger partial charge on any atom is 0.253 e. The van der Waals surface area contributed by atoms with Gasteiger partial charge in [0.25, 0.3) is 5.91 Å². The molecule has 0 radical (unpaired) electrons. The Hall–Kier alpha value is -2.08. The molecule has 1 saturated heterocycles. The number of nitrogens with zero attached hydrogens (tertiary/aromatic N) is 2. The van der Waals surface area contributed by atoms with Crippen LogP contribution < -0.4 is 4.74 Å². The molecule has 2 aromatic carbocycles. The molecule has 1 N–H and O–H groups in total. The number of carbonyl (C=O) groups excluding carboxylic acids is 1. The van der Waals surface area contributed by atoms with Crippen molar-refractivity contribution in [3.8, 4) is 5.75 Å². The normalized spacial score (nSPS) is 16.2. The molecule has 0 bridgehead atoms. The minimum Gasteiger partial charge on any atom is -0.491 e. The number of hydrogen-bond acceptors (Lipinski definition) is 4. The van der Waals surface area contributed by atoms with E-state index in [1.165, 1.54) is 5.56 Å². The summed E-state index contributed by atoms with van der Waals surface area (Å²) in [6.07, 6.45) is -0.568. The second-order valence-corrected chi connectivity index (χ2v) is 7.32. The number of aliphatic hydroxyl groups excluding tert-OH is 1. The second kappa shape index (κ2) is 9.22. The first-order chi connectivity index (χ1) is 13.0. The van der Waals surface area contributed by atoms with Gasteiger partial charge in [-0.15, -0.1) is 0 Å². The van der Waals surface area contributed by atoms with E-state index in [2.05, 4.69) is 4.90 Å². The van der Waals surface area contributed by atoms with E-state index in [0.29, 0.717) is 30.2 Å². The van der Waals surface area contributed by atoms with E-state index in [9.17, 15) is 9.90 Å². The highest BCUT2D eigenvalue weighted by Gasteiger charge is 2.23. The fourth-order valence-corrected chi connectivity index (χ4v) is 3.31. The average molecular weight is 389 g/mol. The van der Waals surface area contributed by atoms with E-state index >= 15 is 0 Å². The summed E-state index contributed by atoms with van der Waals surface area (Å²) in [4.78, 5) is 16.5. The van der Waals surface area contributed by atoms with E-state index < -0.39 is 6.10 Å². The SMILES string of the molecule is Cc1ccc(OCC(O)CN2CCN(C(=O)c3cccc(Cl)c3)CC2)cc1. The van der Waals surface area contributed by atoms with Crippen molar-refractivity contribution in [2.24, 2.45) is 0 Å². The Bertz CT molecular complexity index is 758. The van der Waals surface area contributed by atoms with Crippen LogP contribution in [-0.4, -0.2) is 66.2 Å². The van der Waals surface area contributed by atoms with Gasteiger partial charge in [-0.1, -0.05) is 35.4 Å². The van der Waals surface area contributed by atoms with Crippen molar-refractivity contribution in [1.29, 1.82) is 0 Å². The lowest BCUT2D eigenvalue weighted by Gasteiger charge is -2.35. The summed E-state index contributed by atoms with van der Waals surface area (Å²) in [6, 6.07) is 14.8. The number of rotatable bonds is 6. The van der Waals surface area contributed by atoms with Gasteiger partial charge in [-0.3, -0.25) is 9.69 Å². The molecule has 1 heterocycles. The van der Waals surface area contributed by atoms with Crippen LogP contribution in [0.15, 0.2) is 48.5 Å². The number of carbonyl (C=O) groups is 1. The van der Waals surface area contributed by atoms with Crippen molar-refractivity contribution in [3.63, 3.8) is 0 Å². The third kappa shape index (κ3) is 5.70. The molecule has 144 valence electrons. The fraction of sp³-hybridized carbons (Fsp3) is 0.381. The Morgan fingerprint density at radius 3 is 2.52 bits per heavy atom. The third-order valence-electron chi connectivity index (χ3n) is 4.66. The predicted octanol–water partition coefficient (Wildman–Crippen LogP) is 2.85. The summed E-state index contributed by atoms with van der Waals surface area (Å²) in [5.74, 6) is 0.761. The van der Waals surface area contributed by atoms with Crippen LogP contribution in [-0.2, 0) is 0 Å². The summed E-state index contributed by atoms with van der Waals surface area (Å²) in [6.45, 7) is 5.54. The third-order valence-corrected chi connectivity index (χ3v) is 4.90. The first-order valence-corrected chi connectivity index (χ1v) is 9.54. The van der Waals surface area contributed by atoms with Crippen LogP contribution in [0.3, 0.4) is 0 Å². The van der Waals surface area contributed by atoms with Crippen molar-refractivity contribution < 1.29 is 14.6 Å². The molecule has 3 rings (SSSR count). The monoisotopic (exact) mass is 388 g/mol. The van der Waals surface area contributed by atoms with Crippen LogP contribution in [0.1, 0.15) is 15.9 Å². The minimum absolute atomic E-state index is 0.000373. The number of aliphatic hydroxyl groups is 1. The van der Waals surface area contributed by atoms with Crippen LogP contribution in [0, 0.1) is 6.92 Å². The van der Waals surface area contributed by atoms with Gasteiger partial charge in [-0.2, -0.15) is 0 Å². The summed E-state index contributed by atoms with van der Waals surface area (Å²) >= 11 is 5.97. The zero-order valence-electron chi connectivity index (χ0n) is 15.5. The summed E-state index contributed by atoms with van der Waals surface area (Å²) < 4.78 is 5.64. The molecule has 1 aliphatic heterocycles. The summed E-state index contributed by atoms with van der Waals surface area (Å²) in [5.41, 5.74) is 1.79. The van der Waals surface area contributed by atoms with Gasteiger partial charge in [0.2, 0.25) is 0 Å². The number of halogens is 1. The lowest BCUT2D eigenvalue weighted by Crippen LogP contribution is -2.50. The number of piperazine rings is 1. The number of benzene rings is 2. The summed E-state index contributed by atoms with van der Waals surface area (Å²) in [7, 11) is 0. The Kier molecular flexibility index (Phi) is 6.72. The molecule has 0 spiro atoms. The molecule has 1 fully saturated rings. The van der Waals surface area contributed by atoms with E-state index in [4.69, 9.17) is 16.3 Å². The number of amides is 1. The van der Waals surface area contributed by atoms with E-state index in [0.717, 1.165) is 18.8 Å². The fourth-order valence-electron chi connectivity index (χ4n) is 3.12. The zero-order valence-corrected chi connectivity index (χ0v) is 16.2. The molecule has 1 amide bonds. The first kappa shape index (κ1) is 19.7. The Morgan fingerprint density at radius 1 is 1.15 bits per heavy atom. The van der Waals surface area contributed by atoms with Gasteiger partial charge in [0.05, 0.1) is 0 Å². The van der Waals surface area contributed by atoms with Gasteiger partial charge >= 0.3 is 0 Å². The number of β-amino-alcohol motifs (C(OH)–C–C–N with tert-alkyl or cyclic N) is 1. The molecule has 5 nitrogen and oxygen atoms in total. The largest absolute Gasteiger partial charge is 0.491 e. The van der Waals surface area contributed by atoms with Crippen LogP contribution in [0.5, 0.6) is 5.75 Å². The standard InChI is InChI=1S/C21H25ClN2O3/c1-16-5-7-20(8-6-16)27-15-19(25)14-23-9-11-24(12-10-23)21(26)17-3-2-4-18(22)13-17/h2-8,13,19,25H,9-12,14-15H2,1H3. The van der Waals surface area contributed by atoms with Gasteiger partial charge < -0.3 is 14.7 Å². The molecule has 0 aliphatic carbocycles. The smallest absolute Gasteiger partial charge is 0.253 e. The molecular weight excluding hydrogens is 364 g/mol. The maximum absolute atomic E-state index is 12.5. The average Bonchev–Trinajstić information content (AvgIpc) is 2.67. The van der Waals surface area contributed by atoms with Crippen LogP contribution in [0.2, 0.25) is 5.02 Å². The van der Waals surface area contributed by atoms with Gasteiger partial charge in [0.15, 0.2) is 0 Å². The molecular formula is C21H25ClN2O3. The van der Waals surface area contributed by atoms with Gasteiger partial charge in [0, 0.05) is 43.3 Å². The quantitative estimate of drug-likeness (QED) is 0.826. The van der Waals surface area contributed by atoms with Crippen molar-refractivity contribution in [2.45, 2.75) is 13.0 Å². The first-order valence-electron chi connectivity index (χ1n) is 9.16. The highest BCUT2D eigenvalue weighted by atomic mass is 35.5. The van der Waals surface area contributed by atoms with Crippen molar-refractivity contribution in [3.05, 3.63) is 64.7 Å². The highest BCUT2D eigenvalue weighted by molar-refractivity contribution is 6.30. The van der Waals surface area contributed by atoms with E-state index in [1.54, 1.807) is 24.3 Å². The zero-order chi connectivity index (χ0) is 19.2. The van der Waals surface area contributed by atoms with Gasteiger partial charge in [-0.25, -0.2) is 0 Å². The number of ether oxygens (including phenoxy) is 1. The van der Waals surface area contributed by atoms with Crippen LogP contribution >= 0.6 is 11.6 Å². The van der Waals surface area contributed by atoms with Gasteiger partial charge in [0.1, 0.15) is 18.5 Å². The lowest BCUT2D eigenvalue weighted by molar-refractivity contribution is 0.0403. The van der Waals surface area contributed by atoms with Gasteiger partial charge in [-0.05, 0) is 37.3 Å². The molecule has 0 saturated carbocycles. The van der Waals surface area contributed by atoms with Crippen LogP contribution in [0.25, 0.3) is 0 Å². The molecule has 1 aliphatic rings. The molecule has 0 aromatic heterocycles. The Balaban J connectivity index is 1.42. The molecule has 1 atom stereocenters. The highest BCUT2D eigenvalue weighted by Crippen LogP contribution is 2.15. The summed E-state index contributed by atoms with van der Waals surface area (Å²) in [5, 5.41) is 10.8. The lowest BCUT2D eigenvalue weighted by atomic mass is 10.2. The van der Waals surface area contributed by atoms with Crippen molar-refractivity contribution >= 4 is 17.5 Å². The molecule has 6 heteroatoms. The van der Waals surface area contributed by atoms with E-state index in [-0.39, 0.29) is 12.5 Å². The van der Waals surface area contributed by atoms with Crippen molar-refractivity contribution in [2.75, 3.05) is 39.3 Å². The molecule has 2 aromatic rings. The predicted molar refractivity (Wildman–Crippen MR) is 106 cm³/mol. The topological polar surface area (TPSA) is 53.0 Å². The minimum atomic E-state index is -0.568. The second-order valence-electron chi connectivity index (χ2n) is 6.88. The maximum atomic E-state index is 12.5. The number of aryl methyl sites for hydroxylation is 1. The Labute approximate surface area is 165 Å².